The molecule has 5 aliphatic rings. The van der Waals surface area contributed by atoms with E-state index in [1.54, 1.807) is 22.7 Å². The minimum Gasteiger partial charge on any atom is -0.441 e. The standard InChI is InChI=1S/C23H24ClFN8O4/c24-15-4-17-27-13(20(34)26-11-1-2-11)8-33(17)21(28-15)29-16-3-12(31-32-16)19-18(25)14(9-36-19)37-22(35)30-23-5-10(6-23)7-23/h3-4,8,10-11,14,18-19H,1-2,5-7,9H2,(H,26,34)(H,30,35)(H2,28,29,31,32)/t10?,14-,18-,19-,23?/m1/s1. The Hall–Kier alpha value is -3.45. The fourth-order valence-electron chi connectivity index (χ4n) is 5.26. The zero-order valence-electron chi connectivity index (χ0n) is 19.5. The third-order valence-electron chi connectivity index (χ3n) is 7.46. The Balaban J connectivity index is 1.03. The second-order valence-electron chi connectivity index (χ2n) is 10.4. The number of nitrogens with zero attached hydrogens (tertiary/aromatic N) is 4. The molecule has 37 heavy (non-hydrogen) atoms. The molecule has 5 fully saturated rings. The number of aromatic amines is 1. The van der Waals surface area contributed by atoms with Gasteiger partial charge in [-0.05, 0) is 38.0 Å². The highest BCUT2D eigenvalue weighted by molar-refractivity contribution is 6.29. The molecule has 2 bridgehead atoms. The summed E-state index contributed by atoms with van der Waals surface area (Å²) >= 11 is 6.16. The molecule has 4 N–H and O–H groups in total. The summed E-state index contributed by atoms with van der Waals surface area (Å²) in [6.45, 7) is -0.0616. The summed E-state index contributed by atoms with van der Waals surface area (Å²) in [5.41, 5.74) is 0.895. The first-order valence-corrected chi connectivity index (χ1v) is 12.7. The molecule has 8 rings (SSSR count). The number of carbonyl (C=O) groups is 2. The van der Waals surface area contributed by atoms with Crippen LogP contribution in [-0.2, 0) is 9.47 Å². The number of carbonyl (C=O) groups excluding carboxylic acids is 2. The summed E-state index contributed by atoms with van der Waals surface area (Å²) in [7, 11) is 0. The van der Waals surface area contributed by atoms with Crippen LogP contribution in [-0.4, -0.2) is 67.0 Å². The van der Waals surface area contributed by atoms with Crippen LogP contribution in [0.25, 0.3) is 5.65 Å². The van der Waals surface area contributed by atoms with Crippen LogP contribution in [0.15, 0.2) is 18.3 Å². The van der Waals surface area contributed by atoms with E-state index in [1.807, 2.05) is 0 Å². The molecule has 4 heterocycles. The highest BCUT2D eigenvalue weighted by Crippen LogP contribution is 2.57. The van der Waals surface area contributed by atoms with Gasteiger partial charge in [0.1, 0.15) is 22.6 Å². The first-order valence-electron chi connectivity index (χ1n) is 12.3. The maximum absolute atomic E-state index is 15.1. The molecule has 4 aliphatic carbocycles. The van der Waals surface area contributed by atoms with Gasteiger partial charge in [-0.3, -0.25) is 14.3 Å². The van der Waals surface area contributed by atoms with Crippen molar-refractivity contribution in [2.75, 3.05) is 11.9 Å². The van der Waals surface area contributed by atoms with Gasteiger partial charge in [-0.1, -0.05) is 11.6 Å². The average Bonchev–Trinajstić information content (AvgIpc) is 3.17. The Kier molecular flexibility index (Phi) is 5.09. The Labute approximate surface area is 214 Å². The number of ether oxygens (including phenoxy) is 2. The first kappa shape index (κ1) is 22.7. The number of rotatable bonds is 7. The Bertz CT molecular complexity index is 1390. The number of fused-ring (bicyclic) bond motifs is 1. The average molecular weight is 531 g/mol. The number of hydrogen-bond donors (Lipinski definition) is 4. The molecule has 1 aliphatic heterocycles. The topological polar surface area (TPSA) is 148 Å². The van der Waals surface area contributed by atoms with E-state index in [1.165, 1.54) is 0 Å². The van der Waals surface area contributed by atoms with E-state index in [4.69, 9.17) is 21.1 Å². The van der Waals surface area contributed by atoms with Crippen LogP contribution in [0.5, 0.6) is 0 Å². The van der Waals surface area contributed by atoms with Crippen LogP contribution in [0.4, 0.5) is 21.0 Å². The smallest absolute Gasteiger partial charge is 0.408 e. The first-order chi connectivity index (χ1) is 17.8. The van der Waals surface area contributed by atoms with Gasteiger partial charge in [0.25, 0.3) is 5.91 Å². The zero-order valence-corrected chi connectivity index (χ0v) is 20.3. The van der Waals surface area contributed by atoms with Gasteiger partial charge in [0, 0.05) is 29.9 Å². The van der Waals surface area contributed by atoms with E-state index in [9.17, 15) is 9.59 Å². The number of imidazole rings is 1. The van der Waals surface area contributed by atoms with Crippen LogP contribution < -0.4 is 16.0 Å². The lowest BCUT2D eigenvalue weighted by atomic mass is 9.50. The van der Waals surface area contributed by atoms with Crippen molar-refractivity contribution in [1.29, 1.82) is 0 Å². The molecular formula is C23H24ClFN8O4. The van der Waals surface area contributed by atoms with Crippen molar-refractivity contribution in [3.05, 3.63) is 34.9 Å². The van der Waals surface area contributed by atoms with E-state index in [2.05, 4.69) is 36.1 Å². The van der Waals surface area contributed by atoms with Crippen molar-refractivity contribution >= 4 is 41.0 Å². The van der Waals surface area contributed by atoms with E-state index < -0.39 is 24.5 Å². The molecular weight excluding hydrogens is 507 g/mol. The molecule has 0 spiro atoms. The van der Waals surface area contributed by atoms with Crippen molar-refractivity contribution in [3.8, 4) is 0 Å². The Morgan fingerprint density at radius 3 is 2.78 bits per heavy atom. The van der Waals surface area contributed by atoms with Gasteiger partial charge in [-0.2, -0.15) is 5.10 Å². The Morgan fingerprint density at radius 1 is 1.24 bits per heavy atom. The third kappa shape index (κ3) is 4.15. The van der Waals surface area contributed by atoms with Gasteiger partial charge < -0.3 is 25.4 Å². The van der Waals surface area contributed by atoms with Crippen LogP contribution in [0.3, 0.4) is 0 Å². The summed E-state index contributed by atoms with van der Waals surface area (Å²) in [4.78, 5) is 33.3. The van der Waals surface area contributed by atoms with Crippen LogP contribution >= 0.6 is 11.6 Å². The van der Waals surface area contributed by atoms with Gasteiger partial charge >= 0.3 is 6.09 Å². The second kappa shape index (κ2) is 8.28. The number of hydrogen-bond acceptors (Lipinski definition) is 8. The number of aromatic nitrogens is 5. The molecule has 1 saturated heterocycles. The van der Waals surface area contributed by atoms with Gasteiger partial charge in [0.2, 0.25) is 5.95 Å². The molecule has 0 aromatic carbocycles. The van der Waals surface area contributed by atoms with Gasteiger partial charge in [-0.25, -0.2) is 19.2 Å². The normalized spacial score (nSPS) is 29.9. The van der Waals surface area contributed by atoms with Crippen molar-refractivity contribution < 1.29 is 23.5 Å². The number of amides is 2. The number of H-pyrrole nitrogens is 1. The van der Waals surface area contributed by atoms with Gasteiger partial charge in [0.15, 0.2) is 18.1 Å². The van der Waals surface area contributed by atoms with Gasteiger partial charge in [-0.15, -0.1) is 0 Å². The summed E-state index contributed by atoms with van der Waals surface area (Å²) in [6, 6.07) is 3.32. The fourth-order valence-corrected chi connectivity index (χ4v) is 5.44. The predicted octanol–water partition coefficient (Wildman–Crippen LogP) is 2.80. The van der Waals surface area contributed by atoms with Gasteiger partial charge in [0.05, 0.1) is 12.3 Å². The van der Waals surface area contributed by atoms with E-state index in [0.29, 0.717) is 23.1 Å². The predicted molar refractivity (Wildman–Crippen MR) is 127 cm³/mol. The number of halogens is 2. The van der Waals surface area contributed by atoms with Crippen molar-refractivity contribution in [1.82, 2.24) is 35.2 Å². The number of anilines is 2. The molecule has 0 unspecified atom stereocenters. The SMILES string of the molecule is O=C(NC12CC(C1)C2)O[C@@H]1CO[C@H](c2cc(Nc3nc(Cl)cc4nc(C(=O)NC5CC5)cn34)n[nH]2)[C@@H]1F. The van der Waals surface area contributed by atoms with Crippen molar-refractivity contribution in [2.45, 2.75) is 62.1 Å². The molecule has 3 aromatic heterocycles. The molecule has 4 saturated carbocycles. The highest BCUT2D eigenvalue weighted by atomic mass is 35.5. The maximum atomic E-state index is 15.1. The van der Waals surface area contributed by atoms with Crippen LogP contribution in [0.1, 0.15) is 54.4 Å². The molecule has 2 amide bonds. The fraction of sp³-hybridized carbons (Fsp3) is 0.522. The lowest BCUT2D eigenvalue weighted by Crippen LogP contribution is -2.68. The molecule has 3 aromatic rings. The second-order valence-corrected chi connectivity index (χ2v) is 10.8. The molecule has 194 valence electrons. The Morgan fingerprint density at radius 2 is 2.05 bits per heavy atom. The van der Waals surface area contributed by atoms with Crippen LogP contribution in [0, 0.1) is 5.92 Å². The highest BCUT2D eigenvalue weighted by Gasteiger charge is 2.58. The van der Waals surface area contributed by atoms with Crippen molar-refractivity contribution in [3.63, 3.8) is 0 Å². The summed E-state index contributed by atoms with van der Waals surface area (Å²) in [6.07, 6.45) is 2.23. The molecule has 14 heteroatoms. The number of nitrogens with one attached hydrogen (secondary N) is 4. The lowest BCUT2D eigenvalue weighted by molar-refractivity contribution is -0.0528. The molecule has 0 radical (unpaired) electrons. The minimum atomic E-state index is -1.57. The number of alkyl halides is 1. The third-order valence-corrected chi connectivity index (χ3v) is 7.65. The summed E-state index contributed by atoms with van der Waals surface area (Å²) < 4.78 is 27.6. The van der Waals surface area contributed by atoms with Crippen LogP contribution in [0.2, 0.25) is 5.15 Å². The number of alkyl carbamates (subject to hydrolysis) is 1. The zero-order chi connectivity index (χ0) is 25.3. The monoisotopic (exact) mass is 530 g/mol. The quantitative estimate of drug-likeness (QED) is 0.341. The van der Waals surface area contributed by atoms with Crippen molar-refractivity contribution in [2.24, 2.45) is 5.92 Å². The maximum Gasteiger partial charge on any atom is 0.408 e. The van der Waals surface area contributed by atoms with E-state index in [-0.39, 0.29) is 40.9 Å². The summed E-state index contributed by atoms with van der Waals surface area (Å²) in [5, 5.41) is 15.9. The van der Waals surface area contributed by atoms with E-state index >= 15 is 4.39 Å². The molecule has 12 nitrogen and oxygen atoms in total. The summed E-state index contributed by atoms with van der Waals surface area (Å²) in [5.74, 6) is 1.04. The largest absolute Gasteiger partial charge is 0.441 e. The lowest BCUT2D eigenvalue weighted by Gasteiger charge is -2.61. The molecule has 3 atom stereocenters. The van der Waals surface area contributed by atoms with E-state index in [0.717, 1.165) is 32.1 Å². The minimum absolute atomic E-state index is 0.0616.